The average Bonchev–Trinajstić information content (AvgIpc) is 2.39. The zero-order chi connectivity index (χ0) is 14.1. The molecule has 0 unspecified atom stereocenters. The van der Waals surface area contributed by atoms with Gasteiger partial charge in [0.05, 0.1) is 13.0 Å². The number of ketones is 1. The van der Waals surface area contributed by atoms with Crippen LogP contribution in [0.2, 0.25) is 0 Å². The molecule has 0 radical (unpaired) electrons. The van der Waals surface area contributed by atoms with Gasteiger partial charge in [-0.3, -0.25) is 9.59 Å². The van der Waals surface area contributed by atoms with E-state index >= 15 is 0 Å². The molecule has 0 amide bonds. The molecule has 0 N–H and O–H groups in total. The molecule has 0 saturated carbocycles. The summed E-state index contributed by atoms with van der Waals surface area (Å²) in [6, 6.07) is 7.16. The Balaban J connectivity index is 2.60. The third kappa shape index (κ3) is 5.88. The van der Waals surface area contributed by atoms with E-state index in [2.05, 4.69) is 0 Å². The zero-order valence-electron chi connectivity index (χ0n) is 11.2. The van der Waals surface area contributed by atoms with E-state index in [0.29, 0.717) is 24.5 Å². The fraction of sp³-hybridized carbons (Fsp3) is 0.467. The Labute approximate surface area is 118 Å². The highest BCUT2D eigenvalue weighted by Crippen LogP contribution is 2.11. The van der Waals surface area contributed by atoms with Gasteiger partial charge in [0.2, 0.25) is 0 Å². The van der Waals surface area contributed by atoms with Crippen molar-refractivity contribution < 1.29 is 14.3 Å². The molecule has 1 aromatic carbocycles. The number of unbranched alkanes of at least 4 members (excludes halogenated alkanes) is 1. The van der Waals surface area contributed by atoms with Crippen LogP contribution < -0.4 is 0 Å². The number of carbonyl (C=O) groups excluding carboxylic acids is 2. The van der Waals surface area contributed by atoms with Crippen molar-refractivity contribution in [1.29, 1.82) is 0 Å². The molecule has 1 aromatic rings. The first-order valence-corrected chi connectivity index (χ1v) is 7.04. The molecule has 0 aliphatic rings. The van der Waals surface area contributed by atoms with Crippen LogP contribution in [0.1, 0.15) is 42.1 Å². The normalized spacial score (nSPS) is 10.2. The van der Waals surface area contributed by atoms with Gasteiger partial charge >= 0.3 is 5.97 Å². The Hall–Kier alpha value is -1.35. The Morgan fingerprint density at radius 3 is 2.74 bits per heavy atom. The number of hydrogen-bond donors (Lipinski definition) is 0. The van der Waals surface area contributed by atoms with Crippen LogP contribution in [0.15, 0.2) is 24.3 Å². The van der Waals surface area contributed by atoms with Gasteiger partial charge in [-0.2, -0.15) is 0 Å². The second kappa shape index (κ2) is 8.70. The minimum atomic E-state index is -0.269. The Kier molecular flexibility index (Phi) is 7.19. The first-order chi connectivity index (χ1) is 9.17. The lowest BCUT2D eigenvalue weighted by atomic mass is 10.0. The van der Waals surface area contributed by atoms with E-state index in [4.69, 9.17) is 16.3 Å². The van der Waals surface area contributed by atoms with Gasteiger partial charge in [0.1, 0.15) is 0 Å². The lowest BCUT2D eigenvalue weighted by Gasteiger charge is -2.05. The highest BCUT2D eigenvalue weighted by atomic mass is 35.5. The molecule has 104 valence electrons. The number of alkyl halides is 1. The third-order valence-corrected chi connectivity index (χ3v) is 2.96. The van der Waals surface area contributed by atoms with Crippen LogP contribution in [0.4, 0.5) is 0 Å². The van der Waals surface area contributed by atoms with Crippen molar-refractivity contribution in [2.75, 3.05) is 12.5 Å². The summed E-state index contributed by atoms with van der Waals surface area (Å²) in [6.07, 6.45) is 2.34. The van der Waals surface area contributed by atoms with E-state index < -0.39 is 0 Å². The van der Waals surface area contributed by atoms with Crippen molar-refractivity contribution in [2.24, 2.45) is 0 Å². The summed E-state index contributed by atoms with van der Waals surface area (Å²) < 4.78 is 4.89. The number of halogens is 1. The van der Waals surface area contributed by atoms with Crippen molar-refractivity contribution in [1.82, 2.24) is 0 Å². The number of esters is 1. The molecule has 0 saturated heterocycles. The molecule has 0 spiro atoms. The lowest BCUT2D eigenvalue weighted by molar-refractivity contribution is -0.142. The molecule has 0 aliphatic carbocycles. The number of Topliss-reactive ketones (excluding diaryl/α,β-unsaturated/α-hetero) is 1. The highest BCUT2D eigenvalue weighted by Gasteiger charge is 2.08. The van der Waals surface area contributed by atoms with Gasteiger partial charge in [0, 0.05) is 17.9 Å². The van der Waals surface area contributed by atoms with Crippen molar-refractivity contribution in [3.05, 3.63) is 35.4 Å². The minimum absolute atomic E-state index is 0.0934. The lowest BCUT2D eigenvalue weighted by Crippen LogP contribution is -2.08. The maximum Gasteiger partial charge on any atom is 0.310 e. The summed E-state index contributed by atoms with van der Waals surface area (Å²) in [5.41, 5.74) is 1.46. The Bertz CT molecular complexity index is 429. The van der Waals surface area contributed by atoms with E-state index in [1.54, 1.807) is 25.1 Å². The summed E-state index contributed by atoms with van der Waals surface area (Å²) in [6.45, 7) is 2.14. The van der Waals surface area contributed by atoms with Crippen molar-refractivity contribution in [3.63, 3.8) is 0 Å². The molecule has 19 heavy (non-hydrogen) atoms. The Morgan fingerprint density at radius 1 is 1.26 bits per heavy atom. The van der Waals surface area contributed by atoms with Gasteiger partial charge in [-0.05, 0) is 31.4 Å². The van der Waals surface area contributed by atoms with Crippen LogP contribution in [0.5, 0.6) is 0 Å². The first-order valence-electron chi connectivity index (χ1n) is 6.51. The molecule has 1 rings (SSSR count). The van der Waals surface area contributed by atoms with Crippen molar-refractivity contribution >= 4 is 23.4 Å². The zero-order valence-corrected chi connectivity index (χ0v) is 11.9. The summed E-state index contributed by atoms with van der Waals surface area (Å²) in [7, 11) is 0. The molecular formula is C15H19ClO3. The summed E-state index contributed by atoms with van der Waals surface area (Å²) in [5.74, 6) is 0.404. The molecule has 0 bridgehead atoms. The van der Waals surface area contributed by atoms with Crippen LogP contribution in [-0.2, 0) is 16.0 Å². The summed E-state index contributed by atoms with van der Waals surface area (Å²) in [5, 5.41) is 0. The molecule has 0 fully saturated rings. The van der Waals surface area contributed by atoms with Crippen LogP contribution in [-0.4, -0.2) is 24.2 Å². The predicted molar refractivity (Wildman–Crippen MR) is 75.7 cm³/mol. The number of ether oxygens (including phenoxy) is 1. The molecule has 0 aromatic heterocycles. The monoisotopic (exact) mass is 282 g/mol. The topological polar surface area (TPSA) is 43.4 Å². The molecule has 0 heterocycles. The van der Waals surface area contributed by atoms with E-state index in [-0.39, 0.29) is 18.2 Å². The predicted octanol–water partition coefficient (Wildman–Crippen LogP) is 3.38. The fourth-order valence-electron chi connectivity index (χ4n) is 1.76. The number of hydrogen-bond acceptors (Lipinski definition) is 3. The maximum atomic E-state index is 11.9. The largest absolute Gasteiger partial charge is 0.466 e. The van der Waals surface area contributed by atoms with Gasteiger partial charge in [0.25, 0.3) is 0 Å². The van der Waals surface area contributed by atoms with E-state index in [1.807, 2.05) is 6.07 Å². The van der Waals surface area contributed by atoms with Crippen molar-refractivity contribution in [2.45, 2.75) is 32.6 Å². The van der Waals surface area contributed by atoms with Crippen LogP contribution >= 0.6 is 11.6 Å². The second-order valence-electron chi connectivity index (χ2n) is 4.25. The van der Waals surface area contributed by atoms with Gasteiger partial charge in [-0.1, -0.05) is 18.2 Å². The minimum Gasteiger partial charge on any atom is -0.466 e. The maximum absolute atomic E-state index is 11.9. The molecular weight excluding hydrogens is 264 g/mol. The van der Waals surface area contributed by atoms with Crippen LogP contribution in [0, 0.1) is 0 Å². The van der Waals surface area contributed by atoms with E-state index in [1.165, 1.54) is 0 Å². The standard InChI is InChI=1S/C15H19ClO3/c1-2-19-15(18)11-12-6-5-7-13(10-12)14(17)8-3-4-9-16/h5-7,10H,2-4,8-9,11H2,1H3. The highest BCUT2D eigenvalue weighted by molar-refractivity contribution is 6.17. The Morgan fingerprint density at radius 2 is 2.05 bits per heavy atom. The van der Waals surface area contributed by atoms with Gasteiger partial charge in [-0.15, -0.1) is 11.6 Å². The SMILES string of the molecule is CCOC(=O)Cc1cccc(C(=O)CCCCCl)c1. The second-order valence-corrected chi connectivity index (χ2v) is 4.63. The van der Waals surface area contributed by atoms with Crippen molar-refractivity contribution in [3.8, 4) is 0 Å². The molecule has 4 heteroatoms. The molecule has 3 nitrogen and oxygen atoms in total. The summed E-state index contributed by atoms with van der Waals surface area (Å²) in [4.78, 5) is 23.3. The van der Waals surface area contributed by atoms with Crippen LogP contribution in [0.3, 0.4) is 0 Å². The summed E-state index contributed by atoms with van der Waals surface area (Å²) >= 11 is 5.58. The average molecular weight is 283 g/mol. The van der Waals surface area contributed by atoms with Gasteiger partial charge in [-0.25, -0.2) is 0 Å². The first kappa shape index (κ1) is 15.7. The third-order valence-electron chi connectivity index (χ3n) is 2.69. The van der Waals surface area contributed by atoms with E-state index in [9.17, 15) is 9.59 Å². The van der Waals surface area contributed by atoms with Gasteiger partial charge < -0.3 is 4.74 Å². The number of carbonyl (C=O) groups is 2. The fourth-order valence-corrected chi connectivity index (χ4v) is 1.95. The number of rotatable bonds is 8. The quantitative estimate of drug-likeness (QED) is 0.318. The van der Waals surface area contributed by atoms with Crippen LogP contribution in [0.25, 0.3) is 0 Å². The molecule has 0 aliphatic heterocycles. The number of benzene rings is 1. The van der Waals surface area contributed by atoms with E-state index in [0.717, 1.165) is 18.4 Å². The van der Waals surface area contributed by atoms with Gasteiger partial charge in [0.15, 0.2) is 5.78 Å². The smallest absolute Gasteiger partial charge is 0.310 e. The molecule has 0 atom stereocenters.